The number of rotatable bonds is 5. The molecule has 23 heavy (non-hydrogen) atoms. The molecule has 0 bridgehead atoms. The number of nitrogens with zero attached hydrogens (tertiary/aromatic N) is 1. The van der Waals surface area contributed by atoms with Gasteiger partial charge in [0.15, 0.2) is 0 Å². The van der Waals surface area contributed by atoms with Crippen LogP contribution in [0.15, 0.2) is 41.3 Å². The van der Waals surface area contributed by atoms with Crippen molar-refractivity contribution in [2.24, 2.45) is 0 Å². The first-order valence-electron chi connectivity index (χ1n) is 7.02. The van der Waals surface area contributed by atoms with E-state index in [1.807, 2.05) is 32.9 Å². The molecule has 0 unspecified atom stereocenters. The van der Waals surface area contributed by atoms with Gasteiger partial charge in [-0.3, -0.25) is 14.9 Å². The summed E-state index contributed by atoms with van der Waals surface area (Å²) in [5.41, 5.74) is 3.01. The molecule has 0 fully saturated rings. The van der Waals surface area contributed by atoms with Gasteiger partial charge < -0.3 is 4.74 Å². The summed E-state index contributed by atoms with van der Waals surface area (Å²) < 4.78 is 5.45. The lowest BCUT2D eigenvalue weighted by Crippen LogP contribution is -2.12. The van der Waals surface area contributed by atoms with E-state index in [9.17, 15) is 14.9 Å². The third-order valence-electron chi connectivity index (χ3n) is 3.22. The Kier molecular flexibility index (Phi) is 5.39. The van der Waals surface area contributed by atoms with Crippen molar-refractivity contribution in [3.8, 4) is 5.75 Å². The summed E-state index contributed by atoms with van der Waals surface area (Å²) in [7, 11) is 0. The lowest BCUT2D eigenvalue weighted by atomic mass is 10.1. The summed E-state index contributed by atoms with van der Waals surface area (Å²) in [6, 6.07) is 10.0. The van der Waals surface area contributed by atoms with Crippen molar-refractivity contribution in [3.63, 3.8) is 0 Å². The van der Waals surface area contributed by atoms with E-state index >= 15 is 0 Å². The fraction of sp³-hybridized carbons (Fsp3) is 0.235. The Morgan fingerprint density at radius 1 is 1.13 bits per heavy atom. The minimum absolute atomic E-state index is 0.0304. The predicted octanol–water partition coefficient (Wildman–Crippen LogP) is 4.22. The molecule has 2 aromatic carbocycles. The number of esters is 1. The van der Waals surface area contributed by atoms with Crippen molar-refractivity contribution in [1.82, 2.24) is 0 Å². The van der Waals surface area contributed by atoms with Crippen LogP contribution in [0.5, 0.6) is 5.75 Å². The van der Waals surface area contributed by atoms with Crippen molar-refractivity contribution in [1.29, 1.82) is 0 Å². The van der Waals surface area contributed by atoms with Crippen LogP contribution in [-0.4, -0.2) is 16.6 Å². The molecular weight excluding hydrogens is 314 g/mol. The van der Waals surface area contributed by atoms with Gasteiger partial charge in [0, 0.05) is 17.0 Å². The summed E-state index contributed by atoms with van der Waals surface area (Å²) in [6.45, 7) is 5.81. The molecule has 0 aliphatic carbocycles. The second kappa shape index (κ2) is 7.28. The third-order valence-corrected chi connectivity index (χ3v) is 4.21. The van der Waals surface area contributed by atoms with Crippen LogP contribution in [0.2, 0.25) is 0 Å². The van der Waals surface area contributed by atoms with Gasteiger partial charge in [0.1, 0.15) is 5.75 Å². The number of hydrogen-bond donors (Lipinski definition) is 0. The number of aryl methyl sites for hydroxylation is 3. The first kappa shape index (κ1) is 17.0. The van der Waals surface area contributed by atoms with E-state index in [1.54, 1.807) is 12.1 Å². The zero-order valence-electron chi connectivity index (χ0n) is 13.2. The van der Waals surface area contributed by atoms with Gasteiger partial charge in [-0.05, 0) is 44.0 Å². The highest BCUT2D eigenvalue weighted by molar-refractivity contribution is 8.00. The molecule has 0 aliphatic rings. The average Bonchev–Trinajstić information content (AvgIpc) is 2.49. The van der Waals surface area contributed by atoms with E-state index in [0.717, 1.165) is 21.6 Å². The van der Waals surface area contributed by atoms with E-state index in [4.69, 9.17) is 4.74 Å². The maximum absolute atomic E-state index is 12.0. The van der Waals surface area contributed by atoms with Gasteiger partial charge in [-0.2, -0.15) is 0 Å². The molecule has 0 amide bonds. The van der Waals surface area contributed by atoms with Gasteiger partial charge in [-0.15, -0.1) is 11.8 Å². The normalized spacial score (nSPS) is 10.4. The molecule has 0 atom stereocenters. The molecule has 0 radical (unpaired) electrons. The molecule has 0 saturated heterocycles. The lowest BCUT2D eigenvalue weighted by Gasteiger charge is -2.11. The quantitative estimate of drug-likeness (QED) is 0.270. The van der Waals surface area contributed by atoms with Gasteiger partial charge in [-0.1, -0.05) is 17.7 Å². The topological polar surface area (TPSA) is 69.4 Å². The van der Waals surface area contributed by atoms with Crippen LogP contribution in [0.1, 0.15) is 16.7 Å². The van der Waals surface area contributed by atoms with Crippen LogP contribution in [-0.2, 0) is 4.79 Å². The molecule has 0 saturated carbocycles. The standard InChI is InChI=1S/C17H17NO4S/c1-11-8-12(2)17(13(3)9-11)22-16(19)10-23-15-6-4-14(5-7-15)18(20)21/h4-9H,10H2,1-3H3. The first-order valence-corrected chi connectivity index (χ1v) is 8.01. The van der Waals surface area contributed by atoms with E-state index in [-0.39, 0.29) is 17.4 Å². The predicted molar refractivity (Wildman–Crippen MR) is 90.1 cm³/mol. The van der Waals surface area contributed by atoms with Gasteiger partial charge in [0.2, 0.25) is 0 Å². The highest BCUT2D eigenvalue weighted by Gasteiger charge is 2.12. The molecule has 0 N–H and O–H groups in total. The largest absolute Gasteiger partial charge is 0.425 e. The van der Waals surface area contributed by atoms with Gasteiger partial charge in [0.05, 0.1) is 10.7 Å². The molecule has 6 heteroatoms. The van der Waals surface area contributed by atoms with Crippen molar-refractivity contribution < 1.29 is 14.5 Å². The van der Waals surface area contributed by atoms with Crippen LogP contribution in [0.25, 0.3) is 0 Å². The van der Waals surface area contributed by atoms with Crippen molar-refractivity contribution in [2.45, 2.75) is 25.7 Å². The summed E-state index contributed by atoms with van der Waals surface area (Å²) >= 11 is 1.29. The number of nitro benzene ring substituents is 1. The van der Waals surface area contributed by atoms with Gasteiger partial charge in [0.25, 0.3) is 5.69 Å². The number of carbonyl (C=O) groups excluding carboxylic acids is 1. The summed E-state index contributed by atoms with van der Waals surface area (Å²) in [6.07, 6.45) is 0. The van der Waals surface area contributed by atoms with Crippen molar-refractivity contribution in [2.75, 3.05) is 5.75 Å². The average molecular weight is 331 g/mol. The molecule has 120 valence electrons. The van der Waals surface area contributed by atoms with Crippen LogP contribution < -0.4 is 4.74 Å². The minimum Gasteiger partial charge on any atom is -0.425 e. The highest BCUT2D eigenvalue weighted by Crippen LogP contribution is 2.26. The second-order valence-electron chi connectivity index (χ2n) is 5.24. The summed E-state index contributed by atoms with van der Waals surface area (Å²) in [5, 5.41) is 10.6. The maximum atomic E-state index is 12.0. The Hall–Kier alpha value is -2.34. The first-order chi connectivity index (χ1) is 10.9. The van der Waals surface area contributed by atoms with E-state index in [0.29, 0.717) is 5.75 Å². The summed E-state index contributed by atoms with van der Waals surface area (Å²) in [4.78, 5) is 22.9. The highest BCUT2D eigenvalue weighted by atomic mass is 32.2. The fourth-order valence-corrected chi connectivity index (χ4v) is 2.95. The Morgan fingerprint density at radius 3 is 2.22 bits per heavy atom. The number of nitro groups is 1. The van der Waals surface area contributed by atoms with E-state index in [2.05, 4.69) is 0 Å². The molecule has 0 aliphatic heterocycles. The van der Waals surface area contributed by atoms with E-state index < -0.39 is 4.92 Å². The number of ether oxygens (including phenoxy) is 1. The lowest BCUT2D eigenvalue weighted by molar-refractivity contribution is -0.384. The van der Waals surface area contributed by atoms with Crippen LogP contribution in [0.3, 0.4) is 0 Å². The Balaban J connectivity index is 1.96. The van der Waals surface area contributed by atoms with Gasteiger partial charge in [-0.25, -0.2) is 0 Å². The van der Waals surface area contributed by atoms with Crippen LogP contribution >= 0.6 is 11.8 Å². The Morgan fingerprint density at radius 2 is 1.70 bits per heavy atom. The van der Waals surface area contributed by atoms with Gasteiger partial charge >= 0.3 is 5.97 Å². The molecule has 2 aromatic rings. The number of thioether (sulfide) groups is 1. The number of hydrogen-bond acceptors (Lipinski definition) is 5. The maximum Gasteiger partial charge on any atom is 0.321 e. The number of carbonyl (C=O) groups is 1. The van der Waals surface area contributed by atoms with Crippen molar-refractivity contribution >= 4 is 23.4 Å². The van der Waals surface area contributed by atoms with Crippen molar-refractivity contribution in [3.05, 3.63) is 63.2 Å². The van der Waals surface area contributed by atoms with Crippen LogP contribution in [0, 0.1) is 30.9 Å². The molecule has 0 spiro atoms. The fourth-order valence-electron chi connectivity index (χ4n) is 2.28. The Bertz CT molecular complexity index is 718. The number of benzene rings is 2. The molecule has 2 rings (SSSR count). The number of non-ortho nitro benzene ring substituents is 1. The summed E-state index contributed by atoms with van der Waals surface area (Å²) in [5.74, 6) is 0.401. The molecule has 0 heterocycles. The molecule has 5 nitrogen and oxygen atoms in total. The monoisotopic (exact) mass is 331 g/mol. The third kappa shape index (κ3) is 4.56. The Labute approximate surface area is 138 Å². The smallest absolute Gasteiger partial charge is 0.321 e. The SMILES string of the molecule is Cc1cc(C)c(OC(=O)CSc2ccc([N+](=O)[O-])cc2)c(C)c1. The minimum atomic E-state index is -0.453. The molecular formula is C17H17NO4S. The van der Waals surface area contributed by atoms with E-state index in [1.165, 1.54) is 23.9 Å². The second-order valence-corrected chi connectivity index (χ2v) is 6.29. The zero-order chi connectivity index (χ0) is 17.0. The molecule has 0 aromatic heterocycles. The zero-order valence-corrected chi connectivity index (χ0v) is 14.0. The van der Waals surface area contributed by atoms with Crippen LogP contribution in [0.4, 0.5) is 5.69 Å².